The Bertz CT molecular complexity index is 192. The van der Waals surface area contributed by atoms with Gasteiger partial charge in [-0.15, -0.1) is 0 Å². The third-order valence-corrected chi connectivity index (χ3v) is 1.43. The van der Waals surface area contributed by atoms with Crippen LogP contribution >= 0.6 is 0 Å². The highest BCUT2D eigenvalue weighted by atomic mass is 16.2. The van der Waals surface area contributed by atoms with Crippen molar-refractivity contribution in [1.82, 2.24) is 4.90 Å². The van der Waals surface area contributed by atoms with Crippen molar-refractivity contribution in [3.8, 4) is 0 Å². The summed E-state index contributed by atoms with van der Waals surface area (Å²) in [6.07, 6.45) is 0.678. The van der Waals surface area contributed by atoms with Gasteiger partial charge in [-0.05, 0) is 6.92 Å². The van der Waals surface area contributed by atoms with Gasteiger partial charge >= 0.3 is 0 Å². The molecule has 0 unspecified atom stereocenters. The van der Waals surface area contributed by atoms with Gasteiger partial charge in [-0.1, -0.05) is 6.58 Å². The topological polar surface area (TPSA) is 37.4 Å². The Hall–Kier alpha value is -1.12. The van der Waals surface area contributed by atoms with Crippen molar-refractivity contribution < 1.29 is 9.59 Å². The molecule has 0 aromatic rings. The van der Waals surface area contributed by atoms with Gasteiger partial charge in [0.1, 0.15) is 0 Å². The van der Waals surface area contributed by atoms with Crippen molar-refractivity contribution in [2.24, 2.45) is 0 Å². The molecule has 0 saturated carbocycles. The van der Waals surface area contributed by atoms with Crippen LogP contribution in [0.15, 0.2) is 12.3 Å². The van der Waals surface area contributed by atoms with Crippen molar-refractivity contribution in [1.29, 1.82) is 0 Å². The van der Waals surface area contributed by atoms with Crippen LogP contribution in [-0.2, 0) is 9.59 Å². The number of hydrogen-bond donors (Lipinski definition) is 0. The van der Waals surface area contributed by atoms with Crippen LogP contribution in [0, 0.1) is 0 Å². The molecule has 0 radical (unpaired) electrons. The lowest BCUT2D eigenvalue weighted by molar-refractivity contribution is -0.135. The standard InChI is InChI=1S/C7H9NO2/c1-5(2)8-6(9)3-4-7(8)10/h1,3-4H2,2H3. The predicted octanol–water partition coefficient (Wildman–Crippen LogP) is 0.669. The summed E-state index contributed by atoms with van der Waals surface area (Å²) in [6.45, 7) is 5.18. The molecular formula is C7H9NO2. The van der Waals surface area contributed by atoms with E-state index < -0.39 is 0 Å². The van der Waals surface area contributed by atoms with E-state index in [1.807, 2.05) is 0 Å². The molecule has 1 heterocycles. The molecule has 0 N–H and O–H groups in total. The van der Waals surface area contributed by atoms with Crippen LogP contribution in [-0.4, -0.2) is 16.7 Å². The summed E-state index contributed by atoms with van der Waals surface area (Å²) in [6, 6.07) is 0. The molecule has 0 aromatic heterocycles. The summed E-state index contributed by atoms with van der Waals surface area (Å²) in [4.78, 5) is 22.9. The summed E-state index contributed by atoms with van der Waals surface area (Å²) in [5.74, 6) is -0.255. The van der Waals surface area contributed by atoms with E-state index in [0.717, 1.165) is 4.90 Å². The fraction of sp³-hybridized carbons (Fsp3) is 0.429. The van der Waals surface area contributed by atoms with Gasteiger partial charge in [0.2, 0.25) is 11.8 Å². The lowest BCUT2D eigenvalue weighted by Gasteiger charge is -2.11. The van der Waals surface area contributed by atoms with Crippen LogP contribution in [0.2, 0.25) is 0 Å². The normalized spacial score (nSPS) is 18.3. The van der Waals surface area contributed by atoms with Gasteiger partial charge in [0.05, 0.1) is 0 Å². The van der Waals surface area contributed by atoms with Gasteiger partial charge in [-0.2, -0.15) is 0 Å². The molecule has 3 nitrogen and oxygen atoms in total. The Morgan fingerprint density at radius 2 is 1.80 bits per heavy atom. The number of carbonyl (C=O) groups excluding carboxylic acids is 2. The molecule has 0 bridgehead atoms. The van der Waals surface area contributed by atoms with Crippen LogP contribution in [0.5, 0.6) is 0 Å². The highest BCUT2D eigenvalue weighted by Gasteiger charge is 2.28. The average molecular weight is 139 g/mol. The van der Waals surface area contributed by atoms with E-state index in [1.165, 1.54) is 0 Å². The van der Waals surface area contributed by atoms with Crippen LogP contribution in [0.3, 0.4) is 0 Å². The summed E-state index contributed by atoms with van der Waals surface area (Å²) >= 11 is 0. The second-order valence-corrected chi connectivity index (χ2v) is 2.36. The van der Waals surface area contributed by atoms with Gasteiger partial charge in [-0.3, -0.25) is 14.5 Å². The molecule has 3 heteroatoms. The first-order valence-electron chi connectivity index (χ1n) is 3.14. The van der Waals surface area contributed by atoms with Gasteiger partial charge in [0.25, 0.3) is 0 Å². The first-order chi connectivity index (χ1) is 4.63. The molecule has 0 aliphatic carbocycles. The van der Waals surface area contributed by atoms with E-state index in [-0.39, 0.29) is 11.8 Å². The van der Waals surface area contributed by atoms with Gasteiger partial charge in [0.15, 0.2) is 0 Å². The molecule has 0 atom stereocenters. The lowest BCUT2D eigenvalue weighted by Crippen LogP contribution is -2.26. The Labute approximate surface area is 59.3 Å². The smallest absolute Gasteiger partial charge is 0.233 e. The van der Waals surface area contributed by atoms with Crippen LogP contribution < -0.4 is 0 Å². The summed E-state index contributed by atoms with van der Waals surface area (Å²) in [5, 5.41) is 0. The van der Waals surface area contributed by atoms with Crippen molar-refractivity contribution in [2.75, 3.05) is 0 Å². The van der Waals surface area contributed by atoms with Gasteiger partial charge in [-0.25, -0.2) is 0 Å². The lowest BCUT2D eigenvalue weighted by atomic mass is 10.4. The minimum Gasteiger partial charge on any atom is -0.274 e. The average Bonchev–Trinajstić information content (AvgIpc) is 2.11. The van der Waals surface area contributed by atoms with Crippen molar-refractivity contribution in [2.45, 2.75) is 19.8 Å². The summed E-state index contributed by atoms with van der Waals surface area (Å²) < 4.78 is 0. The highest BCUT2D eigenvalue weighted by molar-refractivity contribution is 6.03. The Balaban J connectivity index is 2.82. The predicted molar refractivity (Wildman–Crippen MR) is 35.9 cm³/mol. The van der Waals surface area contributed by atoms with E-state index in [2.05, 4.69) is 6.58 Å². The maximum absolute atomic E-state index is 10.9. The second kappa shape index (κ2) is 2.25. The molecule has 0 spiro atoms. The van der Waals surface area contributed by atoms with E-state index in [1.54, 1.807) is 6.92 Å². The van der Waals surface area contributed by atoms with Crippen LogP contribution in [0.4, 0.5) is 0 Å². The monoisotopic (exact) mass is 139 g/mol. The molecular weight excluding hydrogens is 130 g/mol. The van der Waals surface area contributed by atoms with E-state index >= 15 is 0 Å². The van der Waals surface area contributed by atoms with Gasteiger partial charge in [0, 0.05) is 18.5 Å². The molecule has 1 aliphatic rings. The number of allylic oxidation sites excluding steroid dienone is 1. The Morgan fingerprint density at radius 3 is 2.00 bits per heavy atom. The minimum absolute atomic E-state index is 0.127. The highest BCUT2D eigenvalue weighted by Crippen LogP contribution is 2.15. The summed E-state index contributed by atoms with van der Waals surface area (Å²) in [5.41, 5.74) is 0.521. The number of rotatable bonds is 1. The van der Waals surface area contributed by atoms with Crippen molar-refractivity contribution in [3.63, 3.8) is 0 Å². The molecule has 1 saturated heterocycles. The molecule has 54 valence electrons. The van der Waals surface area contributed by atoms with E-state index in [4.69, 9.17) is 0 Å². The fourth-order valence-corrected chi connectivity index (χ4v) is 1.00. The summed E-state index contributed by atoms with van der Waals surface area (Å²) in [7, 11) is 0. The zero-order chi connectivity index (χ0) is 7.72. The molecule has 10 heavy (non-hydrogen) atoms. The number of amides is 2. The second-order valence-electron chi connectivity index (χ2n) is 2.36. The van der Waals surface area contributed by atoms with Crippen LogP contribution in [0.1, 0.15) is 19.8 Å². The number of likely N-dealkylation sites (tertiary alicyclic amines) is 1. The fourth-order valence-electron chi connectivity index (χ4n) is 1.00. The number of hydrogen-bond acceptors (Lipinski definition) is 2. The van der Waals surface area contributed by atoms with Gasteiger partial charge < -0.3 is 0 Å². The molecule has 0 aromatic carbocycles. The third-order valence-electron chi connectivity index (χ3n) is 1.43. The molecule has 2 amide bonds. The Morgan fingerprint density at radius 1 is 1.40 bits per heavy atom. The van der Waals surface area contributed by atoms with Crippen LogP contribution in [0.25, 0.3) is 0 Å². The molecule has 1 fully saturated rings. The maximum atomic E-state index is 10.9. The largest absolute Gasteiger partial charge is 0.274 e. The SMILES string of the molecule is C=C(C)N1C(=O)CCC1=O. The molecule has 1 rings (SSSR count). The quantitative estimate of drug-likeness (QED) is 0.501. The maximum Gasteiger partial charge on any atom is 0.233 e. The first kappa shape index (κ1) is 6.99. The number of imide groups is 1. The third kappa shape index (κ3) is 0.943. The van der Waals surface area contributed by atoms with E-state index in [9.17, 15) is 9.59 Å². The zero-order valence-electron chi connectivity index (χ0n) is 5.89. The van der Waals surface area contributed by atoms with Crippen molar-refractivity contribution in [3.05, 3.63) is 12.3 Å². The zero-order valence-corrected chi connectivity index (χ0v) is 5.89. The van der Waals surface area contributed by atoms with Crippen molar-refractivity contribution >= 4 is 11.8 Å². The molecule has 1 aliphatic heterocycles. The first-order valence-corrected chi connectivity index (χ1v) is 3.14. The Kier molecular flexibility index (Phi) is 1.57. The number of carbonyl (C=O) groups is 2. The van der Waals surface area contributed by atoms with E-state index in [0.29, 0.717) is 18.5 Å². The number of nitrogens with zero attached hydrogens (tertiary/aromatic N) is 1. The minimum atomic E-state index is -0.127.